The molecule has 1 amide bonds. The predicted molar refractivity (Wildman–Crippen MR) is 76.0 cm³/mol. The van der Waals surface area contributed by atoms with Gasteiger partial charge in [-0.2, -0.15) is 0 Å². The highest BCUT2D eigenvalue weighted by Crippen LogP contribution is 2.36. The van der Waals surface area contributed by atoms with Crippen molar-refractivity contribution in [1.82, 2.24) is 10.6 Å². The van der Waals surface area contributed by atoms with Crippen LogP contribution in [0.1, 0.15) is 18.9 Å². The van der Waals surface area contributed by atoms with Crippen molar-refractivity contribution in [2.75, 3.05) is 19.6 Å². The van der Waals surface area contributed by atoms with E-state index >= 15 is 0 Å². The van der Waals surface area contributed by atoms with Crippen molar-refractivity contribution in [3.63, 3.8) is 0 Å². The minimum absolute atomic E-state index is 0.0496. The van der Waals surface area contributed by atoms with E-state index in [4.69, 9.17) is 0 Å². The molecule has 1 heterocycles. The summed E-state index contributed by atoms with van der Waals surface area (Å²) in [5.74, 6) is 0.162. The van der Waals surface area contributed by atoms with Gasteiger partial charge in [-0.3, -0.25) is 4.79 Å². The molecule has 0 saturated carbocycles. The largest absolute Gasteiger partial charge is 0.354 e. The summed E-state index contributed by atoms with van der Waals surface area (Å²) in [7, 11) is 0. The molecule has 3 nitrogen and oxygen atoms in total. The number of amides is 1. The van der Waals surface area contributed by atoms with Crippen LogP contribution in [0.2, 0.25) is 0 Å². The molecule has 0 bridgehead atoms. The highest BCUT2D eigenvalue weighted by atomic mass is 32.2. The predicted octanol–water partition coefficient (Wildman–Crippen LogP) is 1.82. The van der Waals surface area contributed by atoms with Gasteiger partial charge in [-0.25, -0.2) is 0 Å². The fraction of sp³-hybridized carbons (Fsp3) is 0.500. The van der Waals surface area contributed by atoms with Crippen LogP contribution < -0.4 is 10.6 Å². The van der Waals surface area contributed by atoms with E-state index in [-0.39, 0.29) is 11.2 Å². The molecular formula is C14H20N2OS. The second-order valence-corrected chi connectivity index (χ2v) is 5.70. The summed E-state index contributed by atoms with van der Waals surface area (Å²) in [6.45, 7) is 4.72. The maximum Gasteiger partial charge on any atom is 0.233 e. The molecule has 1 aromatic rings. The Hall–Kier alpha value is -1.00. The number of benzene rings is 1. The lowest BCUT2D eigenvalue weighted by molar-refractivity contribution is -0.120. The van der Waals surface area contributed by atoms with Gasteiger partial charge in [0.2, 0.25) is 5.91 Å². The molecule has 0 aromatic heterocycles. The molecule has 2 N–H and O–H groups in total. The molecular weight excluding hydrogens is 244 g/mol. The summed E-state index contributed by atoms with van der Waals surface area (Å²) in [5, 5.41) is 6.32. The maximum atomic E-state index is 12.0. The summed E-state index contributed by atoms with van der Waals surface area (Å²) in [4.78, 5) is 13.2. The third-order valence-corrected chi connectivity index (χ3v) is 4.28. The Morgan fingerprint density at radius 1 is 1.33 bits per heavy atom. The monoisotopic (exact) mass is 264 g/mol. The third kappa shape index (κ3) is 3.50. The van der Waals surface area contributed by atoms with E-state index in [0.717, 1.165) is 25.9 Å². The summed E-state index contributed by atoms with van der Waals surface area (Å²) in [6.07, 6.45) is 1.98. The number of fused-ring (bicyclic) bond motifs is 1. The van der Waals surface area contributed by atoms with Gasteiger partial charge in [-0.1, -0.05) is 25.1 Å². The average molecular weight is 264 g/mol. The van der Waals surface area contributed by atoms with Gasteiger partial charge in [0.15, 0.2) is 0 Å². The van der Waals surface area contributed by atoms with Crippen LogP contribution in [0.4, 0.5) is 0 Å². The lowest BCUT2D eigenvalue weighted by Crippen LogP contribution is -2.37. The zero-order valence-electron chi connectivity index (χ0n) is 10.7. The van der Waals surface area contributed by atoms with Crippen molar-refractivity contribution >= 4 is 17.7 Å². The van der Waals surface area contributed by atoms with E-state index in [1.165, 1.54) is 10.5 Å². The number of carbonyl (C=O) groups is 1. The first-order valence-electron chi connectivity index (χ1n) is 6.54. The van der Waals surface area contributed by atoms with Gasteiger partial charge in [0.25, 0.3) is 0 Å². The van der Waals surface area contributed by atoms with Crippen LogP contribution in [0.15, 0.2) is 29.2 Å². The van der Waals surface area contributed by atoms with Gasteiger partial charge in [0, 0.05) is 18.0 Å². The average Bonchev–Trinajstić information content (AvgIpc) is 2.82. The van der Waals surface area contributed by atoms with Gasteiger partial charge >= 0.3 is 0 Å². The van der Waals surface area contributed by atoms with Gasteiger partial charge < -0.3 is 10.6 Å². The Labute approximate surface area is 113 Å². The van der Waals surface area contributed by atoms with Crippen molar-refractivity contribution < 1.29 is 4.79 Å². The van der Waals surface area contributed by atoms with Crippen LogP contribution in [0, 0.1) is 0 Å². The zero-order valence-corrected chi connectivity index (χ0v) is 11.6. The standard InChI is InChI=1S/C14H20N2OS/c1-2-7-15-8-9-16-14(17)13-10-11-5-3-4-6-12(11)18-13/h3-6,13,15H,2,7-10H2,1H3,(H,16,17). The number of thioether (sulfide) groups is 1. The van der Waals surface area contributed by atoms with E-state index < -0.39 is 0 Å². The molecule has 1 unspecified atom stereocenters. The van der Waals surface area contributed by atoms with Crippen LogP contribution >= 0.6 is 11.8 Å². The van der Waals surface area contributed by atoms with Crippen molar-refractivity contribution in [2.45, 2.75) is 29.9 Å². The Bertz CT molecular complexity index is 384. The summed E-state index contributed by atoms with van der Waals surface area (Å²) in [6, 6.07) is 8.27. The summed E-state index contributed by atoms with van der Waals surface area (Å²) in [5.41, 5.74) is 1.30. The van der Waals surface area contributed by atoms with Gasteiger partial charge in [0.1, 0.15) is 0 Å². The molecule has 18 heavy (non-hydrogen) atoms. The molecule has 0 spiro atoms. The zero-order chi connectivity index (χ0) is 12.8. The van der Waals surface area contributed by atoms with Crippen LogP contribution in [-0.4, -0.2) is 30.8 Å². The molecule has 4 heteroatoms. The van der Waals surface area contributed by atoms with Crippen LogP contribution in [0.25, 0.3) is 0 Å². The number of rotatable bonds is 6. The fourth-order valence-corrected chi connectivity index (χ4v) is 3.24. The molecule has 0 radical (unpaired) electrons. The van der Waals surface area contributed by atoms with E-state index in [1.807, 2.05) is 12.1 Å². The second-order valence-electron chi connectivity index (χ2n) is 4.46. The van der Waals surface area contributed by atoms with Gasteiger partial charge in [-0.05, 0) is 31.0 Å². The minimum Gasteiger partial charge on any atom is -0.354 e. The molecule has 1 atom stereocenters. The Balaban J connectivity index is 1.72. The van der Waals surface area contributed by atoms with Gasteiger partial charge in [-0.15, -0.1) is 11.8 Å². The molecule has 0 fully saturated rings. The van der Waals surface area contributed by atoms with E-state index in [2.05, 4.69) is 29.7 Å². The van der Waals surface area contributed by atoms with Crippen molar-refractivity contribution in [1.29, 1.82) is 0 Å². The van der Waals surface area contributed by atoms with Crippen LogP contribution in [0.5, 0.6) is 0 Å². The Morgan fingerprint density at radius 3 is 2.94 bits per heavy atom. The normalized spacial score (nSPS) is 17.5. The second kappa shape index (κ2) is 6.81. The van der Waals surface area contributed by atoms with E-state index in [1.54, 1.807) is 11.8 Å². The number of hydrogen-bond donors (Lipinski definition) is 2. The molecule has 0 saturated heterocycles. The quantitative estimate of drug-likeness (QED) is 0.770. The maximum absolute atomic E-state index is 12.0. The van der Waals surface area contributed by atoms with Crippen molar-refractivity contribution in [2.24, 2.45) is 0 Å². The fourth-order valence-electron chi connectivity index (χ4n) is 2.02. The first-order chi connectivity index (χ1) is 8.81. The Morgan fingerprint density at radius 2 is 2.17 bits per heavy atom. The molecule has 2 rings (SSSR count). The third-order valence-electron chi connectivity index (χ3n) is 2.97. The lowest BCUT2D eigenvalue weighted by Gasteiger charge is -2.10. The minimum atomic E-state index is 0.0496. The molecule has 1 aliphatic heterocycles. The number of hydrogen-bond acceptors (Lipinski definition) is 3. The lowest BCUT2D eigenvalue weighted by atomic mass is 10.1. The molecule has 98 valence electrons. The smallest absolute Gasteiger partial charge is 0.233 e. The number of nitrogens with one attached hydrogen (secondary N) is 2. The molecule has 1 aromatic carbocycles. The Kier molecular flexibility index (Phi) is 5.08. The van der Waals surface area contributed by atoms with Crippen LogP contribution in [0.3, 0.4) is 0 Å². The van der Waals surface area contributed by atoms with Gasteiger partial charge in [0.05, 0.1) is 5.25 Å². The van der Waals surface area contributed by atoms with Crippen molar-refractivity contribution in [3.05, 3.63) is 29.8 Å². The molecule has 1 aliphatic rings. The topological polar surface area (TPSA) is 41.1 Å². The summed E-state index contributed by atoms with van der Waals surface area (Å²) < 4.78 is 0. The first-order valence-corrected chi connectivity index (χ1v) is 7.42. The van der Waals surface area contributed by atoms with Crippen LogP contribution in [-0.2, 0) is 11.2 Å². The number of carbonyl (C=O) groups excluding carboxylic acids is 1. The first kappa shape index (κ1) is 13.4. The highest BCUT2D eigenvalue weighted by Gasteiger charge is 2.27. The van der Waals surface area contributed by atoms with Crippen molar-refractivity contribution in [3.8, 4) is 0 Å². The highest BCUT2D eigenvalue weighted by molar-refractivity contribution is 8.01. The molecule has 0 aliphatic carbocycles. The summed E-state index contributed by atoms with van der Waals surface area (Å²) >= 11 is 1.68. The SMILES string of the molecule is CCCNCCNC(=O)C1Cc2ccccc2S1. The van der Waals surface area contributed by atoms with E-state index in [9.17, 15) is 4.79 Å². The van der Waals surface area contributed by atoms with E-state index in [0.29, 0.717) is 6.54 Å².